The highest BCUT2D eigenvalue weighted by atomic mass is 16.5. The van der Waals surface area contributed by atoms with E-state index in [0.29, 0.717) is 47.2 Å². The molecule has 1 aliphatic heterocycles. The first kappa shape index (κ1) is 32.8. The predicted octanol–water partition coefficient (Wildman–Crippen LogP) is 6.56. The molecule has 1 aliphatic rings. The Bertz CT molecular complexity index is 1980. The van der Waals surface area contributed by atoms with Crippen molar-refractivity contribution in [1.82, 2.24) is 9.88 Å². The summed E-state index contributed by atoms with van der Waals surface area (Å²) in [6.45, 7) is 2.46. The number of rotatable bonds is 11. The number of carboxylic acids is 1. The van der Waals surface area contributed by atoms with Gasteiger partial charge >= 0.3 is 12.0 Å². The van der Waals surface area contributed by atoms with Gasteiger partial charge in [0.1, 0.15) is 30.0 Å². The number of nitrogens with one attached hydrogen (secondary N) is 2. The van der Waals surface area contributed by atoms with E-state index in [4.69, 9.17) is 14.2 Å². The Morgan fingerprint density at radius 2 is 1.67 bits per heavy atom. The Kier molecular flexibility index (Phi) is 9.89. The SMILES string of the molecule is COc1cc(CC(=O)N2C[C@@H](Oc3ccc4ncccc4c3)C[C@H]2COc2ccc(C(=O)O)cc2)ccc1NC(=O)Nc1ccccc1C. The predicted molar refractivity (Wildman–Crippen MR) is 186 cm³/mol. The minimum atomic E-state index is -1.02. The van der Waals surface area contributed by atoms with Crippen molar-refractivity contribution in [2.45, 2.75) is 31.9 Å². The topological polar surface area (TPSA) is 139 Å². The molecule has 2 heterocycles. The number of fused-ring (bicyclic) bond motifs is 1. The highest BCUT2D eigenvalue weighted by Crippen LogP contribution is 2.29. The van der Waals surface area contributed by atoms with Crippen LogP contribution in [0.5, 0.6) is 17.2 Å². The molecular formula is C38H36N4O7. The van der Waals surface area contributed by atoms with Gasteiger partial charge in [-0.25, -0.2) is 9.59 Å². The average Bonchev–Trinajstić information content (AvgIpc) is 3.51. The van der Waals surface area contributed by atoms with E-state index in [9.17, 15) is 19.5 Å². The van der Waals surface area contributed by atoms with Crippen LogP contribution in [-0.2, 0) is 11.2 Å². The summed E-state index contributed by atoms with van der Waals surface area (Å²) in [4.78, 5) is 44.0. The first-order valence-corrected chi connectivity index (χ1v) is 15.8. The van der Waals surface area contributed by atoms with Crippen molar-refractivity contribution in [3.63, 3.8) is 0 Å². The number of urea groups is 1. The number of carbonyl (C=O) groups excluding carboxylic acids is 2. The Morgan fingerprint density at radius 3 is 2.45 bits per heavy atom. The van der Waals surface area contributed by atoms with Gasteiger partial charge in [-0.2, -0.15) is 0 Å². The van der Waals surface area contributed by atoms with Crippen LogP contribution >= 0.6 is 0 Å². The summed E-state index contributed by atoms with van der Waals surface area (Å²) >= 11 is 0. The zero-order valence-electron chi connectivity index (χ0n) is 27.1. The highest BCUT2D eigenvalue weighted by Gasteiger charge is 2.37. The first-order valence-electron chi connectivity index (χ1n) is 15.8. The number of carboxylic acid groups (broad SMARTS) is 1. The van der Waals surface area contributed by atoms with Crippen LogP contribution in [-0.4, -0.2) is 65.3 Å². The van der Waals surface area contributed by atoms with Gasteiger partial charge in [0.05, 0.1) is 42.9 Å². The largest absolute Gasteiger partial charge is 0.495 e. The second kappa shape index (κ2) is 14.8. The number of likely N-dealkylation sites (tertiary alicyclic amines) is 1. The quantitative estimate of drug-likeness (QED) is 0.145. The Balaban J connectivity index is 1.15. The van der Waals surface area contributed by atoms with Crippen molar-refractivity contribution < 1.29 is 33.7 Å². The van der Waals surface area contributed by atoms with Crippen molar-refractivity contribution in [3.8, 4) is 17.2 Å². The fraction of sp³-hybridized carbons (Fsp3) is 0.211. The van der Waals surface area contributed by atoms with Crippen LogP contribution < -0.4 is 24.8 Å². The molecule has 11 heteroatoms. The van der Waals surface area contributed by atoms with E-state index in [2.05, 4.69) is 15.6 Å². The normalized spacial score (nSPS) is 15.4. The van der Waals surface area contributed by atoms with Gasteiger partial charge in [0.25, 0.3) is 0 Å². The number of amides is 3. The number of hydrogen-bond acceptors (Lipinski definition) is 7. The zero-order valence-corrected chi connectivity index (χ0v) is 27.1. The Morgan fingerprint density at radius 1 is 0.898 bits per heavy atom. The second-order valence-corrected chi connectivity index (χ2v) is 11.8. The number of aryl methyl sites for hydroxylation is 1. The number of methoxy groups -OCH3 is 1. The lowest BCUT2D eigenvalue weighted by atomic mass is 10.1. The van der Waals surface area contributed by atoms with E-state index >= 15 is 0 Å². The average molecular weight is 661 g/mol. The summed E-state index contributed by atoms with van der Waals surface area (Å²) in [6.07, 6.45) is 2.08. The molecule has 1 fully saturated rings. The lowest BCUT2D eigenvalue weighted by Crippen LogP contribution is -2.40. The Hall–Kier alpha value is -6.10. The number of aromatic nitrogens is 1. The van der Waals surface area contributed by atoms with Crippen LogP contribution in [0.1, 0.15) is 27.9 Å². The molecule has 49 heavy (non-hydrogen) atoms. The fourth-order valence-corrected chi connectivity index (χ4v) is 5.84. The van der Waals surface area contributed by atoms with Crippen molar-refractivity contribution in [2.75, 3.05) is 30.9 Å². The summed E-state index contributed by atoms with van der Waals surface area (Å²) in [5.74, 6) is 0.465. The van der Waals surface area contributed by atoms with E-state index in [-0.39, 0.29) is 36.6 Å². The third-order valence-corrected chi connectivity index (χ3v) is 8.38. The number of anilines is 2. The van der Waals surface area contributed by atoms with Gasteiger partial charge in [-0.3, -0.25) is 9.78 Å². The maximum atomic E-state index is 13.8. The van der Waals surface area contributed by atoms with Crippen LogP contribution in [0.4, 0.5) is 16.2 Å². The lowest BCUT2D eigenvalue weighted by molar-refractivity contribution is -0.132. The number of benzene rings is 4. The van der Waals surface area contributed by atoms with Crippen LogP contribution in [0.25, 0.3) is 10.9 Å². The number of ether oxygens (including phenoxy) is 3. The summed E-state index contributed by atoms with van der Waals surface area (Å²) < 4.78 is 18.0. The number of carbonyl (C=O) groups is 3. The molecule has 6 rings (SSSR count). The molecule has 250 valence electrons. The smallest absolute Gasteiger partial charge is 0.335 e. The van der Waals surface area contributed by atoms with Crippen LogP contribution in [0, 0.1) is 6.92 Å². The van der Waals surface area contributed by atoms with Gasteiger partial charge < -0.3 is 34.9 Å². The molecule has 0 radical (unpaired) electrons. The first-order chi connectivity index (χ1) is 23.7. The minimum Gasteiger partial charge on any atom is -0.495 e. The second-order valence-electron chi connectivity index (χ2n) is 11.8. The standard InChI is InChI=1S/C38H36N4O7/c1-24-6-3-4-8-32(24)40-38(46)41-34-15-9-25(18-35(34)47-2)19-36(43)42-22-31(49-30-14-16-33-27(20-30)7-5-17-39-33)21-28(42)23-48-29-12-10-26(11-13-29)37(44)45/h3-18,20,28,31H,19,21-23H2,1-2H3,(H,44,45)(H2,40,41,46)/t28-,31-/m0/s1. The third-order valence-electron chi connectivity index (χ3n) is 8.38. The lowest BCUT2D eigenvalue weighted by Gasteiger charge is -2.25. The van der Waals surface area contributed by atoms with E-state index in [1.165, 1.54) is 19.2 Å². The number of hydrogen-bond donors (Lipinski definition) is 3. The van der Waals surface area contributed by atoms with Crippen LogP contribution in [0.2, 0.25) is 0 Å². The maximum absolute atomic E-state index is 13.8. The van der Waals surface area contributed by atoms with Gasteiger partial charge in [0, 0.05) is 23.7 Å². The molecule has 3 N–H and O–H groups in total. The number of pyridine rings is 1. The Labute approximate surface area is 283 Å². The molecule has 0 aliphatic carbocycles. The van der Waals surface area contributed by atoms with Crippen molar-refractivity contribution in [1.29, 1.82) is 0 Å². The van der Waals surface area contributed by atoms with Crippen molar-refractivity contribution >= 4 is 40.2 Å². The molecule has 0 unspecified atom stereocenters. The van der Waals surface area contributed by atoms with Crippen LogP contribution in [0.3, 0.4) is 0 Å². The van der Waals surface area contributed by atoms with E-state index < -0.39 is 12.0 Å². The van der Waals surface area contributed by atoms with E-state index in [1.807, 2.05) is 61.5 Å². The minimum absolute atomic E-state index is 0.0875. The molecular weight excluding hydrogens is 624 g/mol. The number of para-hydroxylation sites is 1. The van der Waals surface area contributed by atoms with Gasteiger partial charge in [-0.15, -0.1) is 0 Å². The molecule has 2 atom stereocenters. The fourth-order valence-electron chi connectivity index (χ4n) is 5.84. The highest BCUT2D eigenvalue weighted by molar-refractivity contribution is 6.01. The van der Waals surface area contributed by atoms with Crippen molar-refractivity contribution in [3.05, 3.63) is 120 Å². The summed E-state index contributed by atoms with van der Waals surface area (Å²) in [7, 11) is 1.51. The zero-order chi connectivity index (χ0) is 34.3. The molecule has 1 aromatic heterocycles. The molecule has 3 amide bonds. The summed E-state index contributed by atoms with van der Waals surface area (Å²) in [6, 6.07) is 27.7. The molecule has 4 aromatic carbocycles. The van der Waals surface area contributed by atoms with Gasteiger partial charge in [0.15, 0.2) is 0 Å². The molecule has 0 saturated carbocycles. The third kappa shape index (κ3) is 8.07. The number of aromatic carboxylic acids is 1. The monoisotopic (exact) mass is 660 g/mol. The number of nitrogens with zero attached hydrogens (tertiary/aromatic N) is 2. The molecule has 0 spiro atoms. The molecule has 5 aromatic rings. The summed E-state index contributed by atoms with van der Waals surface area (Å²) in [5, 5.41) is 15.8. The molecule has 1 saturated heterocycles. The van der Waals surface area contributed by atoms with Crippen LogP contribution in [0.15, 0.2) is 103 Å². The van der Waals surface area contributed by atoms with Gasteiger partial charge in [0.2, 0.25) is 5.91 Å². The summed E-state index contributed by atoms with van der Waals surface area (Å²) in [5.41, 5.74) is 3.83. The van der Waals surface area contributed by atoms with Gasteiger partial charge in [-0.05, 0) is 84.8 Å². The molecule has 11 nitrogen and oxygen atoms in total. The van der Waals surface area contributed by atoms with Crippen molar-refractivity contribution in [2.24, 2.45) is 0 Å². The van der Waals surface area contributed by atoms with E-state index in [0.717, 1.165) is 16.5 Å². The molecule has 0 bridgehead atoms. The maximum Gasteiger partial charge on any atom is 0.335 e. The van der Waals surface area contributed by atoms with E-state index in [1.54, 1.807) is 41.4 Å². The van der Waals surface area contributed by atoms with Gasteiger partial charge in [-0.1, -0.05) is 30.3 Å².